The predicted octanol–water partition coefficient (Wildman–Crippen LogP) is 1.37. The van der Waals surface area contributed by atoms with Crippen molar-refractivity contribution < 1.29 is 14.4 Å². The maximum absolute atomic E-state index is 12.6. The average Bonchev–Trinajstić information content (AvgIpc) is 2.62. The number of thiocarbonyl (C=S) groups is 1. The summed E-state index contributed by atoms with van der Waals surface area (Å²) in [7, 11) is 0. The van der Waals surface area contributed by atoms with Crippen molar-refractivity contribution in [2.24, 2.45) is 10.9 Å². The van der Waals surface area contributed by atoms with Crippen LogP contribution in [0.1, 0.15) is 29.3 Å². The van der Waals surface area contributed by atoms with Gasteiger partial charge in [0.1, 0.15) is 5.92 Å². The van der Waals surface area contributed by atoms with Crippen LogP contribution in [-0.2, 0) is 9.59 Å². The largest absolute Gasteiger partial charge is 0.349 e. The van der Waals surface area contributed by atoms with Crippen molar-refractivity contribution in [2.75, 3.05) is 6.54 Å². The van der Waals surface area contributed by atoms with E-state index in [1.165, 1.54) is 42.7 Å². The number of nitrogens with zero attached hydrogens (tertiary/aromatic N) is 3. The molecular formula is C17H14N4O3S. The first-order chi connectivity index (χ1) is 12.0. The van der Waals surface area contributed by atoms with Crippen LogP contribution in [0, 0.1) is 28.7 Å². The number of rotatable bonds is 8. The molecule has 0 radical (unpaired) electrons. The third-order valence-electron chi connectivity index (χ3n) is 3.24. The van der Waals surface area contributed by atoms with Gasteiger partial charge in [0.15, 0.2) is 5.78 Å². The molecule has 0 aromatic heterocycles. The molecule has 0 heterocycles. The quantitative estimate of drug-likeness (QED) is 0.143. The molecule has 1 N–H and O–H groups in total. The first kappa shape index (κ1) is 19.8. The molecule has 1 amide bonds. The second kappa shape index (κ2) is 9.81. The zero-order valence-electron chi connectivity index (χ0n) is 13.4. The first-order valence-corrected chi connectivity index (χ1v) is 7.66. The lowest BCUT2D eigenvalue weighted by Gasteiger charge is -2.14. The summed E-state index contributed by atoms with van der Waals surface area (Å²) in [6.45, 7) is 1.50. The van der Waals surface area contributed by atoms with Crippen molar-refractivity contribution in [2.45, 2.75) is 13.3 Å². The Balaban J connectivity index is 3.13. The van der Waals surface area contributed by atoms with Crippen LogP contribution in [0.2, 0.25) is 0 Å². The fourth-order valence-corrected chi connectivity index (χ4v) is 2.10. The Labute approximate surface area is 150 Å². The van der Waals surface area contributed by atoms with Crippen molar-refractivity contribution in [1.29, 1.82) is 10.5 Å². The number of hydrogen-bond donors (Lipinski definition) is 1. The van der Waals surface area contributed by atoms with Crippen LogP contribution >= 0.6 is 12.2 Å². The molecule has 25 heavy (non-hydrogen) atoms. The zero-order chi connectivity index (χ0) is 18.8. The molecule has 0 saturated heterocycles. The fraction of sp³-hybridized carbons (Fsp3) is 0.235. The van der Waals surface area contributed by atoms with Gasteiger partial charge in [-0.15, -0.1) is 0 Å². The maximum atomic E-state index is 12.6. The van der Waals surface area contributed by atoms with Gasteiger partial charge in [0.05, 0.1) is 11.6 Å². The minimum Gasteiger partial charge on any atom is -0.349 e. The van der Waals surface area contributed by atoms with Crippen LogP contribution in [0.25, 0.3) is 0 Å². The highest BCUT2D eigenvalue weighted by Gasteiger charge is 2.34. The van der Waals surface area contributed by atoms with Gasteiger partial charge in [0.25, 0.3) is 5.91 Å². The standard InChI is InChI=1S/C17H14N4O3S/c1-11(21-10-19)14(16(23)17(24)20-7-2-8-25)15(22)13-5-3-12(9-18)4-6-13/h3-6,8,14H,2,7H2,1H3,(H,20,24). The van der Waals surface area contributed by atoms with E-state index in [-0.39, 0.29) is 17.8 Å². The molecule has 0 bridgehead atoms. The van der Waals surface area contributed by atoms with Crippen LogP contribution in [0.3, 0.4) is 0 Å². The molecule has 1 unspecified atom stereocenters. The summed E-state index contributed by atoms with van der Waals surface area (Å²) in [5, 5.41) is 21.3. The van der Waals surface area contributed by atoms with Crippen LogP contribution in [0.4, 0.5) is 0 Å². The summed E-state index contributed by atoms with van der Waals surface area (Å²) < 4.78 is 0. The second-order valence-corrected chi connectivity index (χ2v) is 5.25. The molecule has 8 heteroatoms. The van der Waals surface area contributed by atoms with Gasteiger partial charge in [0, 0.05) is 17.8 Å². The topological polar surface area (TPSA) is 123 Å². The highest BCUT2D eigenvalue weighted by Crippen LogP contribution is 2.14. The molecule has 0 saturated carbocycles. The van der Waals surface area contributed by atoms with Gasteiger partial charge in [0.2, 0.25) is 12.0 Å². The smallest absolute Gasteiger partial charge is 0.288 e. The van der Waals surface area contributed by atoms with Crippen molar-refractivity contribution >= 4 is 40.8 Å². The van der Waals surface area contributed by atoms with Gasteiger partial charge in [-0.25, -0.2) is 0 Å². The van der Waals surface area contributed by atoms with Crippen molar-refractivity contribution in [3.8, 4) is 12.3 Å². The third kappa shape index (κ3) is 5.41. The Bertz CT molecular complexity index is 801. The van der Waals surface area contributed by atoms with Gasteiger partial charge < -0.3 is 5.32 Å². The number of nitrogens with one attached hydrogen (secondary N) is 1. The molecule has 0 aliphatic rings. The van der Waals surface area contributed by atoms with Gasteiger partial charge in [-0.1, -0.05) is 24.4 Å². The second-order valence-electron chi connectivity index (χ2n) is 4.92. The Morgan fingerprint density at radius 3 is 2.44 bits per heavy atom. The lowest BCUT2D eigenvalue weighted by atomic mass is 9.89. The normalized spacial score (nSPS) is 11.6. The SMILES string of the molecule is CC(=NC#N)C(C(=O)C(=O)NCCC=S)C(=O)c1ccc(C#N)cc1. The van der Waals surface area contributed by atoms with Crippen LogP contribution in [0.5, 0.6) is 0 Å². The van der Waals surface area contributed by atoms with Gasteiger partial charge in [-0.3, -0.25) is 14.4 Å². The van der Waals surface area contributed by atoms with E-state index < -0.39 is 23.4 Å². The van der Waals surface area contributed by atoms with Crippen LogP contribution in [0.15, 0.2) is 29.3 Å². The summed E-state index contributed by atoms with van der Waals surface area (Å²) in [6, 6.07) is 7.52. The van der Waals surface area contributed by atoms with E-state index in [1.54, 1.807) is 0 Å². The molecule has 0 fully saturated rings. The van der Waals surface area contributed by atoms with Crippen LogP contribution in [-0.4, -0.2) is 35.1 Å². The molecule has 126 valence electrons. The maximum Gasteiger partial charge on any atom is 0.288 e. The van der Waals surface area contributed by atoms with E-state index in [4.69, 9.17) is 10.5 Å². The van der Waals surface area contributed by atoms with E-state index in [2.05, 4.69) is 22.5 Å². The van der Waals surface area contributed by atoms with E-state index in [1.807, 2.05) is 6.07 Å². The fourth-order valence-electron chi connectivity index (χ4n) is 1.98. The molecule has 1 rings (SSSR count). The van der Waals surface area contributed by atoms with E-state index in [0.717, 1.165) is 0 Å². The van der Waals surface area contributed by atoms with Gasteiger partial charge in [-0.2, -0.15) is 15.5 Å². The summed E-state index contributed by atoms with van der Waals surface area (Å²) in [5.74, 6) is -4.12. The number of ketones is 2. The number of carbonyl (C=O) groups excluding carboxylic acids is 3. The lowest BCUT2D eigenvalue weighted by molar-refractivity contribution is -0.138. The Hall–Kier alpha value is -3.23. The van der Waals surface area contributed by atoms with Gasteiger partial charge in [-0.05, 0) is 30.8 Å². The van der Waals surface area contributed by atoms with Crippen LogP contribution < -0.4 is 5.32 Å². The van der Waals surface area contributed by atoms with Gasteiger partial charge >= 0.3 is 0 Å². The average molecular weight is 354 g/mol. The van der Waals surface area contributed by atoms with E-state index >= 15 is 0 Å². The number of benzene rings is 1. The van der Waals surface area contributed by atoms with E-state index in [9.17, 15) is 14.4 Å². The summed E-state index contributed by atoms with van der Waals surface area (Å²) in [5.41, 5.74) is 0.406. The Kier molecular flexibility index (Phi) is 7.77. The molecular weight excluding hydrogens is 340 g/mol. The lowest BCUT2D eigenvalue weighted by Crippen LogP contribution is -2.42. The number of nitriles is 2. The molecule has 0 spiro atoms. The molecule has 0 aliphatic carbocycles. The Morgan fingerprint density at radius 1 is 1.28 bits per heavy atom. The monoisotopic (exact) mass is 354 g/mol. The highest BCUT2D eigenvalue weighted by molar-refractivity contribution is 7.78. The predicted molar refractivity (Wildman–Crippen MR) is 94.0 cm³/mol. The zero-order valence-corrected chi connectivity index (χ0v) is 14.2. The summed E-state index contributed by atoms with van der Waals surface area (Å²) >= 11 is 4.63. The van der Waals surface area contributed by atoms with Crippen molar-refractivity contribution in [1.82, 2.24) is 5.32 Å². The number of Topliss-reactive ketones (excluding diaryl/α,β-unsaturated/α-hetero) is 2. The molecule has 0 aliphatic heterocycles. The summed E-state index contributed by atoms with van der Waals surface area (Å²) in [6.07, 6.45) is 1.91. The first-order valence-electron chi connectivity index (χ1n) is 7.19. The van der Waals surface area contributed by atoms with E-state index in [0.29, 0.717) is 12.0 Å². The Morgan fingerprint density at radius 2 is 1.92 bits per heavy atom. The number of hydrogen-bond acceptors (Lipinski definition) is 7. The third-order valence-corrected chi connectivity index (χ3v) is 3.47. The molecule has 1 atom stereocenters. The highest BCUT2D eigenvalue weighted by atomic mass is 32.1. The van der Waals surface area contributed by atoms with Crippen molar-refractivity contribution in [3.63, 3.8) is 0 Å². The number of carbonyl (C=O) groups is 3. The molecule has 1 aromatic rings. The number of aliphatic imine (C=N–C) groups is 1. The molecule has 1 aromatic carbocycles. The molecule has 7 nitrogen and oxygen atoms in total. The summed E-state index contributed by atoms with van der Waals surface area (Å²) in [4.78, 5) is 40.4. The number of amides is 1. The minimum absolute atomic E-state index is 0.0770. The minimum atomic E-state index is -1.50. The van der Waals surface area contributed by atoms with Crippen molar-refractivity contribution in [3.05, 3.63) is 35.4 Å².